The average molecular weight is 119 g/mol. The van der Waals surface area contributed by atoms with E-state index in [0.29, 0.717) is 6.08 Å². The second-order valence-corrected chi connectivity index (χ2v) is 0.999. The Morgan fingerprint density at radius 2 is 2.25 bits per heavy atom. The second kappa shape index (κ2) is 2.97. The molecule has 8 heavy (non-hydrogen) atoms. The van der Waals surface area contributed by atoms with Crippen LogP contribution in [0.4, 0.5) is 8.78 Å². The van der Waals surface area contributed by atoms with E-state index in [1.807, 2.05) is 0 Å². The van der Waals surface area contributed by atoms with Crippen LogP contribution in [0.5, 0.6) is 0 Å². The maximum absolute atomic E-state index is 11.1. The first-order valence-corrected chi connectivity index (χ1v) is 1.75. The van der Waals surface area contributed by atoms with Crippen LogP contribution in [0.25, 0.3) is 0 Å². The summed E-state index contributed by atoms with van der Waals surface area (Å²) in [5.74, 6) is -1.19. The zero-order valence-corrected chi connectivity index (χ0v) is 3.81. The lowest BCUT2D eigenvalue weighted by Gasteiger charge is -1.90. The minimum absolute atomic E-state index is 0.394. The van der Waals surface area contributed by atoms with Crippen molar-refractivity contribution in [3.63, 3.8) is 0 Å². The molecule has 2 nitrogen and oxygen atoms in total. The summed E-state index contributed by atoms with van der Waals surface area (Å²) >= 11 is 0. The monoisotopic (exact) mass is 119 g/mol. The molecule has 0 saturated heterocycles. The van der Waals surface area contributed by atoms with E-state index in [9.17, 15) is 8.78 Å². The molecule has 0 aliphatic rings. The van der Waals surface area contributed by atoms with Crippen molar-refractivity contribution in [3.05, 3.63) is 11.8 Å². The third-order valence-electron chi connectivity index (χ3n) is 0.436. The number of halogens is 2. The van der Waals surface area contributed by atoms with Gasteiger partial charge in [0.15, 0.2) is 5.76 Å². The van der Waals surface area contributed by atoms with Crippen LogP contribution in [0, 0.1) is 11.3 Å². The molecule has 1 N–H and O–H groups in total. The molecule has 0 heterocycles. The molecule has 0 bridgehead atoms. The van der Waals surface area contributed by atoms with E-state index in [4.69, 9.17) is 10.4 Å². The number of hydrogen-bond acceptors (Lipinski definition) is 2. The Morgan fingerprint density at radius 3 is 2.38 bits per heavy atom. The van der Waals surface area contributed by atoms with Gasteiger partial charge in [-0.05, 0) is 0 Å². The van der Waals surface area contributed by atoms with E-state index >= 15 is 0 Å². The van der Waals surface area contributed by atoms with Crippen LogP contribution in [-0.4, -0.2) is 11.5 Å². The molecule has 0 rings (SSSR count). The van der Waals surface area contributed by atoms with E-state index in [2.05, 4.69) is 0 Å². The van der Waals surface area contributed by atoms with Crippen molar-refractivity contribution < 1.29 is 13.9 Å². The summed E-state index contributed by atoms with van der Waals surface area (Å²) in [6.07, 6.45) is -2.54. The van der Waals surface area contributed by atoms with Gasteiger partial charge in [0.1, 0.15) is 0 Å². The van der Waals surface area contributed by atoms with Crippen molar-refractivity contribution in [1.29, 1.82) is 5.26 Å². The molecule has 0 fully saturated rings. The fourth-order valence-corrected chi connectivity index (χ4v) is 0.129. The molecule has 0 aliphatic heterocycles. The fourth-order valence-electron chi connectivity index (χ4n) is 0.129. The Labute approximate surface area is 44.7 Å². The Balaban J connectivity index is 3.85. The van der Waals surface area contributed by atoms with Crippen LogP contribution in [-0.2, 0) is 0 Å². The lowest BCUT2D eigenvalue weighted by atomic mass is 10.5. The number of rotatable bonds is 1. The summed E-state index contributed by atoms with van der Waals surface area (Å²) in [5.41, 5.74) is 0. The summed E-state index contributed by atoms with van der Waals surface area (Å²) in [6, 6.07) is 1.26. The van der Waals surface area contributed by atoms with Gasteiger partial charge in [-0.25, -0.2) is 8.78 Å². The number of nitrogens with zero attached hydrogens (tertiary/aromatic N) is 1. The lowest BCUT2D eigenvalue weighted by molar-refractivity contribution is 0.129. The van der Waals surface area contributed by atoms with E-state index in [-0.39, 0.29) is 0 Å². The molecule has 0 aromatic carbocycles. The SMILES string of the molecule is N#C/C=C(\O)C(F)F. The molecular weight excluding hydrogens is 116 g/mol. The Hall–Kier alpha value is -1.11. The predicted molar refractivity (Wildman–Crippen MR) is 22.3 cm³/mol. The minimum Gasteiger partial charge on any atom is -0.506 e. The molecule has 0 unspecified atom stereocenters. The van der Waals surface area contributed by atoms with Gasteiger partial charge in [-0.3, -0.25) is 0 Å². The fraction of sp³-hybridized carbons (Fsp3) is 0.250. The summed E-state index contributed by atoms with van der Waals surface area (Å²) in [7, 11) is 0. The van der Waals surface area contributed by atoms with Crippen LogP contribution in [0.1, 0.15) is 0 Å². The molecule has 0 atom stereocenters. The maximum atomic E-state index is 11.1. The average Bonchev–Trinajstić information content (AvgIpc) is 1.67. The molecule has 4 heteroatoms. The number of hydrogen-bond donors (Lipinski definition) is 1. The van der Waals surface area contributed by atoms with Gasteiger partial charge < -0.3 is 5.11 Å². The lowest BCUT2D eigenvalue weighted by Crippen LogP contribution is -1.93. The van der Waals surface area contributed by atoms with Crippen molar-refractivity contribution in [3.8, 4) is 6.07 Å². The molecule has 0 aromatic heterocycles. The van der Waals surface area contributed by atoms with Crippen molar-refractivity contribution in [2.45, 2.75) is 6.43 Å². The highest BCUT2D eigenvalue weighted by Crippen LogP contribution is 2.01. The summed E-state index contributed by atoms with van der Waals surface area (Å²) < 4.78 is 22.3. The largest absolute Gasteiger partial charge is 0.506 e. The molecule has 0 saturated carbocycles. The number of aliphatic hydroxyl groups is 1. The predicted octanol–water partition coefficient (Wildman–Crippen LogP) is 1.22. The van der Waals surface area contributed by atoms with Crippen molar-refractivity contribution >= 4 is 0 Å². The van der Waals surface area contributed by atoms with E-state index < -0.39 is 12.2 Å². The summed E-state index contributed by atoms with van der Waals surface area (Å²) in [6.45, 7) is 0. The minimum atomic E-state index is -2.94. The number of allylic oxidation sites excluding steroid dienone is 2. The Morgan fingerprint density at radius 1 is 1.75 bits per heavy atom. The highest BCUT2D eigenvalue weighted by Gasteiger charge is 2.06. The zero-order chi connectivity index (χ0) is 6.57. The van der Waals surface area contributed by atoms with Crippen LogP contribution in [0.2, 0.25) is 0 Å². The van der Waals surface area contributed by atoms with Crippen LogP contribution >= 0.6 is 0 Å². The van der Waals surface area contributed by atoms with E-state index in [1.165, 1.54) is 6.07 Å². The Bertz CT molecular complexity index is 135. The maximum Gasteiger partial charge on any atom is 0.295 e. The first-order chi connectivity index (χ1) is 3.68. The van der Waals surface area contributed by atoms with Gasteiger partial charge in [0.2, 0.25) is 0 Å². The normalized spacial score (nSPS) is 11.5. The third-order valence-corrected chi connectivity index (χ3v) is 0.436. The molecule has 44 valence electrons. The second-order valence-electron chi connectivity index (χ2n) is 0.999. The zero-order valence-electron chi connectivity index (χ0n) is 3.81. The number of aliphatic hydroxyl groups excluding tert-OH is 1. The quantitative estimate of drug-likeness (QED) is 0.416. The standard InChI is InChI=1S/C4H3F2NO/c5-4(6)3(8)1-2-7/h1,4,8H/b3-1-. The third kappa shape index (κ3) is 2.13. The molecule has 0 aromatic rings. The highest BCUT2D eigenvalue weighted by atomic mass is 19.3. The topological polar surface area (TPSA) is 44.0 Å². The van der Waals surface area contributed by atoms with Gasteiger partial charge >= 0.3 is 0 Å². The molecule has 0 spiro atoms. The number of nitriles is 1. The Kier molecular flexibility index (Phi) is 2.56. The summed E-state index contributed by atoms with van der Waals surface area (Å²) in [5, 5.41) is 15.7. The highest BCUT2D eigenvalue weighted by molar-refractivity contribution is 5.08. The molecule has 0 amide bonds. The van der Waals surface area contributed by atoms with Gasteiger partial charge in [-0.2, -0.15) is 5.26 Å². The van der Waals surface area contributed by atoms with Gasteiger partial charge in [0.05, 0.1) is 12.1 Å². The number of alkyl halides is 2. The molecular formula is C4H3F2NO. The van der Waals surface area contributed by atoms with Gasteiger partial charge in [-0.15, -0.1) is 0 Å². The van der Waals surface area contributed by atoms with Crippen molar-refractivity contribution in [2.75, 3.05) is 0 Å². The van der Waals surface area contributed by atoms with Crippen LogP contribution in [0.3, 0.4) is 0 Å². The smallest absolute Gasteiger partial charge is 0.295 e. The van der Waals surface area contributed by atoms with E-state index in [1.54, 1.807) is 0 Å². The molecule has 0 radical (unpaired) electrons. The van der Waals surface area contributed by atoms with Crippen molar-refractivity contribution in [2.24, 2.45) is 0 Å². The van der Waals surface area contributed by atoms with Crippen LogP contribution < -0.4 is 0 Å². The molecule has 0 aliphatic carbocycles. The van der Waals surface area contributed by atoms with Crippen LogP contribution in [0.15, 0.2) is 11.8 Å². The van der Waals surface area contributed by atoms with E-state index in [0.717, 1.165) is 0 Å². The first-order valence-electron chi connectivity index (χ1n) is 1.75. The van der Waals surface area contributed by atoms with Gasteiger partial charge in [-0.1, -0.05) is 0 Å². The van der Waals surface area contributed by atoms with Crippen molar-refractivity contribution in [1.82, 2.24) is 0 Å². The first kappa shape index (κ1) is 6.89. The van der Waals surface area contributed by atoms with Gasteiger partial charge in [0, 0.05) is 0 Å². The van der Waals surface area contributed by atoms with Gasteiger partial charge in [0.25, 0.3) is 6.43 Å². The summed E-state index contributed by atoms with van der Waals surface area (Å²) in [4.78, 5) is 0.